The predicted octanol–water partition coefficient (Wildman–Crippen LogP) is 6.25. The highest BCUT2D eigenvalue weighted by Gasteiger charge is 2.43. The SMILES string of the molecule is CCc1cc(CC)c(C(Br)C2CC3CCC2C3)c(CC)c1. The van der Waals surface area contributed by atoms with Crippen LogP contribution in [0.4, 0.5) is 0 Å². The Bertz CT molecular complexity index is 480. The van der Waals surface area contributed by atoms with Gasteiger partial charge >= 0.3 is 0 Å². The van der Waals surface area contributed by atoms with Gasteiger partial charge in [-0.2, -0.15) is 0 Å². The Morgan fingerprint density at radius 1 is 1.00 bits per heavy atom. The highest BCUT2D eigenvalue weighted by atomic mass is 79.9. The van der Waals surface area contributed by atoms with Crippen molar-refractivity contribution >= 4 is 15.9 Å². The highest BCUT2D eigenvalue weighted by Crippen LogP contribution is 2.55. The second kappa shape index (κ2) is 6.44. The molecule has 1 aromatic carbocycles. The topological polar surface area (TPSA) is 0 Å². The fourth-order valence-corrected chi connectivity index (χ4v) is 6.10. The van der Waals surface area contributed by atoms with E-state index in [-0.39, 0.29) is 0 Å². The van der Waals surface area contributed by atoms with Crippen molar-refractivity contribution in [1.29, 1.82) is 0 Å². The average Bonchev–Trinajstić information content (AvgIpc) is 3.15. The van der Waals surface area contributed by atoms with Gasteiger partial charge in [-0.05, 0) is 78.5 Å². The Hall–Kier alpha value is -0.300. The number of hydrogen-bond donors (Lipinski definition) is 0. The average molecular weight is 349 g/mol. The molecule has 0 N–H and O–H groups in total. The van der Waals surface area contributed by atoms with Crippen molar-refractivity contribution in [2.75, 3.05) is 0 Å². The van der Waals surface area contributed by atoms with Crippen LogP contribution in [0.3, 0.4) is 0 Å². The Morgan fingerprint density at radius 2 is 1.67 bits per heavy atom. The van der Waals surface area contributed by atoms with E-state index < -0.39 is 0 Å². The van der Waals surface area contributed by atoms with Crippen LogP contribution < -0.4 is 0 Å². The molecular formula is C20H29Br. The van der Waals surface area contributed by atoms with Crippen molar-refractivity contribution in [2.45, 2.75) is 70.5 Å². The van der Waals surface area contributed by atoms with Gasteiger partial charge in [-0.15, -0.1) is 0 Å². The third kappa shape index (κ3) is 2.83. The standard InChI is InChI=1S/C20H29Br/c1-4-13-9-15(5-2)19(16(6-3)10-13)20(21)18-12-14-7-8-17(18)11-14/h9-10,14,17-18,20H,4-8,11-12H2,1-3H3. The summed E-state index contributed by atoms with van der Waals surface area (Å²) in [6.45, 7) is 6.91. The summed E-state index contributed by atoms with van der Waals surface area (Å²) in [6, 6.07) is 4.94. The first-order valence-electron chi connectivity index (χ1n) is 8.96. The summed E-state index contributed by atoms with van der Waals surface area (Å²) in [5, 5.41) is 0. The third-order valence-corrected chi connectivity index (χ3v) is 7.16. The molecule has 0 saturated heterocycles. The molecule has 4 unspecified atom stereocenters. The molecule has 0 radical (unpaired) electrons. The van der Waals surface area contributed by atoms with Crippen molar-refractivity contribution in [3.8, 4) is 0 Å². The van der Waals surface area contributed by atoms with Gasteiger partial charge in [0, 0.05) is 4.83 Å². The molecule has 0 spiro atoms. The lowest BCUT2D eigenvalue weighted by molar-refractivity contribution is 0.328. The summed E-state index contributed by atoms with van der Waals surface area (Å²) >= 11 is 4.14. The van der Waals surface area contributed by atoms with Crippen LogP contribution in [0.15, 0.2) is 12.1 Å². The normalized spacial score (nSPS) is 29.0. The van der Waals surface area contributed by atoms with Gasteiger partial charge in [-0.1, -0.05) is 55.3 Å². The molecule has 21 heavy (non-hydrogen) atoms. The predicted molar refractivity (Wildman–Crippen MR) is 95.2 cm³/mol. The van der Waals surface area contributed by atoms with Crippen molar-refractivity contribution in [2.24, 2.45) is 17.8 Å². The van der Waals surface area contributed by atoms with Gasteiger partial charge in [0.05, 0.1) is 0 Å². The zero-order valence-electron chi connectivity index (χ0n) is 13.8. The molecule has 4 atom stereocenters. The molecular weight excluding hydrogens is 320 g/mol. The van der Waals surface area contributed by atoms with Crippen molar-refractivity contribution in [3.05, 3.63) is 34.4 Å². The first-order valence-corrected chi connectivity index (χ1v) is 9.88. The molecule has 2 aliphatic carbocycles. The molecule has 2 aliphatic rings. The van der Waals surface area contributed by atoms with E-state index in [4.69, 9.17) is 0 Å². The lowest BCUT2D eigenvalue weighted by Gasteiger charge is -2.30. The van der Waals surface area contributed by atoms with Gasteiger partial charge in [0.25, 0.3) is 0 Å². The van der Waals surface area contributed by atoms with Crippen molar-refractivity contribution < 1.29 is 0 Å². The quantitative estimate of drug-likeness (QED) is 0.552. The molecule has 0 amide bonds. The van der Waals surface area contributed by atoms with Gasteiger partial charge < -0.3 is 0 Å². The molecule has 1 heteroatoms. The minimum absolute atomic E-state index is 0.587. The van der Waals surface area contributed by atoms with E-state index in [1.54, 1.807) is 16.7 Å². The van der Waals surface area contributed by atoms with Gasteiger partial charge in [0.15, 0.2) is 0 Å². The molecule has 0 heterocycles. The number of benzene rings is 1. The third-order valence-electron chi connectivity index (χ3n) is 6.03. The Balaban J connectivity index is 1.96. The van der Waals surface area contributed by atoms with Crippen LogP contribution in [-0.4, -0.2) is 0 Å². The fraction of sp³-hybridized carbons (Fsp3) is 0.700. The summed E-state index contributed by atoms with van der Waals surface area (Å²) in [7, 11) is 0. The van der Waals surface area contributed by atoms with E-state index >= 15 is 0 Å². The van der Waals surface area contributed by atoms with E-state index in [0.717, 1.165) is 24.2 Å². The van der Waals surface area contributed by atoms with Crippen LogP contribution in [0.1, 0.15) is 73.5 Å². The smallest absolute Gasteiger partial charge is 0.0431 e. The maximum atomic E-state index is 4.14. The van der Waals surface area contributed by atoms with Crippen LogP contribution in [0, 0.1) is 17.8 Å². The zero-order chi connectivity index (χ0) is 15.0. The van der Waals surface area contributed by atoms with Crippen molar-refractivity contribution in [1.82, 2.24) is 0 Å². The second-order valence-electron chi connectivity index (χ2n) is 7.13. The maximum absolute atomic E-state index is 4.14. The van der Waals surface area contributed by atoms with E-state index in [1.807, 2.05) is 0 Å². The van der Waals surface area contributed by atoms with Gasteiger partial charge in [0.2, 0.25) is 0 Å². The summed E-state index contributed by atoms with van der Waals surface area (Å²) in [6.07, 6.45) is 9.43. The number of rotatable bonds is 5. The van der Waals surface area contributed by atoms with E-state index in [0.29, 0.717) is 4.83 Å². The van der Waals surface area contributed by atoms with Crippen LogP contribution in [-0.2, 0) is 19.3 Å². The molecule has 0 nitrogen and oxygen atoms in total. The van der Waals surface area contributed by atoms with Gasteiger partial charge in [-0.25, -0.2) is 0 Å². The molecule has 1 aromatic rings. The fourth-order valence-electron chi connectivity index (χ4n) is 4.86. The summed E-state index contributed by atoms with van der Waals surface area (Å²) < 4.78 is 0. The molecule has 0 aromatic heterocycles. The van der Waals surface area contributed by atoms with Crippen LogP contribution in [0.5, 0.6) is 0 Å². The van der Waals surface area contributed by atoms with Crippen molar-refractivity contribution in [3.63, 3.8) is 0 Å². The molecule has 3 rings (SSSR count). The number of alkyl halides is 1. The first kappa shape index (κ1) is 15.6. The van der Waals surface area contributed by atoms with Gasteiger partial charge in [0.1, 0.15) is 0 Å². The Labute approximate surface area is 138 Å². The summed E-state index contributed by atoms with van der Waals surface area (Å²) in [5.41, 5.74) is 6.35. The molecule has 2 saturated carbocycles. The van der Waals surface area contributed by atoms with Gasteiger partial charge in [-0.3, -0.25) is 0 Å². The molecule has 0 aliphatic heterocycles. The Kier molecular flexibility index (Phi) is 4.78. The number of aryl methyl sites for hydroxylation is 3. The van der Waals surface area contributed by atoms with E-state index in [9.17, 15) is 0 Å². The lowest BCUT2D eigenvalue weighted by atomic mass is 9.80. The van der Waals surface area contributed by atoms with E-state index in [2.05, 4.69) is 48.8 Å². The number of hydrogen-bond acceptors (Lipinski definition) is 0. The Morgan fingerprint density at radius 3 is 2.10 bits per heavy atom. The van der Waals surface area contributed by atoms with E-state index in [1.165, 1.54) is 44.1 Å². The zero-order valence-corrected chi connectivity index (χ0v) is 15.4. The molecule has 2 bridgehead atoms. The van der Waals surface area contributed by atoms with Crippen LogP contribution >= 0.6 is 15.9 Å². The molecule has 2 fully saturated rings. The van der Waals surface area contributed by atoms with Crippen LogP contribution in [0.25, 0.3) is 0 Å². The lowest BCUT2D eigenvalue weighted by Crippen LogP contribution is -2.18. The molecule has 116 valence electrons. The number of halogens is 1. The maximum Gasteiger partial charge on any atom is 0.0431 e. The minimum Gasteiger partial charge on any atom is -0.0835 e. The second-order valence-corrected chi connectivity index (χ2v) is 8.12. The minimum atomic E-state index is 0.587. The first-order chi connectivity index (χ1) is 10.2. The summed E-state index contributed by atoms with van der Waals surface area (Å²) in [4.78, 5) is 0.587. The highest BCUT2D eigenvalue weighted by molar-refractivity contribution is 9.09. The largest absolute Gasteiger partial charge is 0.0835 e. The monoisotopic (exact) mass is 348 g/mol. The van der Waals surface area contributed by atoms with Crippen LogP contribution in [0.2, 0.25) is 0 Å². The summed E-state index contributed by atoms with van der Waals surface area (Å²) in [5.74, 6) is 2.90. The number of fused-ring (bicyclic) bond motifs is 2.